The number of halogens is 1. The molecule has 1 heterocycles. The number of amides is 2. The minimum atomic E-state index is -0.319. The van der Waals surface area contributed by atoms with Crippen LogP contribution in [0.1, 0.15) is 38.8 Å². The van der Waals surface area contributed by atoms with E-state index in [-0.39, 0.29) is 29.5 Å². The summed E-state index contributed by atoms with van der Waals surface area (Å²) >= 11 is 6.06. The zero-order valence-corrected chi connectivity index (χ0v) is 18.7. The van der Waals surface area contributed by atoms with E-state index in [1.54, 1.807) is 6.07 Å². The molecule has 2 aromatic carbocycles. The number of aryl methyl sites for hydroxylation is 1. The third-order valence-corrected chi connectivity index (χ3v) is 4.91. The summed E-state index contributed by atoms with van der Waals surface area (Å²) in [6, 6.07) is 12.6. The van der Waals surface area contributed by atoms with E-state index in [2.05, 4.69) is 5.32 Å². The molecule has 0 saturated heterocycles. The van der Waals surface area contributed by atoms with E-state index in [1.807, 2.05) is 71.0 Å². The van der Waals surface area contributed by atoms with Crippen LogP contribution in [-0.2, 0) is 9.59 Å². The quantitative estimate of drug-likeness (QED) is 0.611. The maximum Gasteiger partial charge on any atom is 0.278 e. The lowest BCUT2D eigenvalue weighted by Gasteiger charge is -2.17. The zero-order valence-electron chi connectivity index (χ0n) is 18.0. The molecule has 1 N–H and O–H groups in total. The first-order valence-electron chi connectivity index (χ1n) is 10.1. The predicted octanol–water partition coefficient (Wildman–Crippen LogP) is 5.28. The molecule has 0 unspecified atom stereocenters. The summed E-state index contributed by atoms with van der Waals surface area (Å²) in [5.41, 5.74) is 2.94. The molecule has 1 aliphatic rings. The Bertz CT molecular complexity index is 994. The van der Waals surface area contributed by atoms with Gasteiger partial charge in [-0.15, -0.1) is 0 Å². The van der Waals surface area contributed by atoms with E-state index in [4.69, 9.17) is 16.3 Å². The minimum Gasteiger partial charge on any atom is -0.491 e. The number of ether oxygens (including phenoxy) is 1. The Kier molecular flexibility index (Phi) is 6.52. The largest absolute Gasteiger partial charge is 0.491 e. The molecule has 0 aliphatic carbocycles. The van der Waals surface area contributed by atoms with Crippen LogP contribution < -0.4 is 10.1 Å². The fraction of sp³-hybridized carbons (Fsp3) is 0.333. The third-order valence-electron chi connectivity index (χ3n) is 4.68. The number of benzene rings is 2. The molecule has 158 valence electrons. The van der Waals surface area contributed by atoms with E-state index in [0.29, 0.717) is 28.5 Å². The second-order valence-corrected chi connectivity index (χ2v) is 8.58. The van der Waals surface area contributed by atoms with Gasteiger partial charge < -0.3 is 10.1 Å². The van der Waals surface area contributed by atoms with Gasteiger partial charge in [-0.3, -0.25) is 14.5 Å². The summed E-state index contributed by atoms with van der Waals surface area (Å²) in [6.07, 6.45) is 0.0522. The van der Waals surface area contributed by atoms with Crippen LogP contribution in [0.15, 0.2) is 48.2 Å². The number of carbonyl (C=O) groups excluding carboxylic acids is 2. The van der Waals surface area contributed by atoms with Gasteiger partial charge in [0.1, 0.15) is 11.4 Å². The highest BCUT2D eigenvalue weighted by atomic mass is 35.5. The van der Waals surface area contributed by atoms with Crippen molar-refractivity contribution in [3.8, 4) is 5.75 Å². The van der Waals surface area contributed by atoms with E-state index >= 15 is 0 Å². The van der Waals surface area contributed by atoms with Crippen molar-refractivity contribution >= 4 is 34.7 Å². The Hall–Kier alpha value is -2.79. The van der Waals surface area contributed by atoms with Gasteiger partial charge in [-0.1, -0.05) is 37.6 Å². The molecule has 0 spiro atoms. The molecule has 30 heavy (non-hydrogen) atoms. The van der Waals surface area contributed by atoms with Crippen molar-refractivity contribution in [2.24, 2.45) is 5.92 Å². The molecule has 5 nitrogen and oxygen atoms in total. The van der Waals surface area contributed by atoms with Crippen molar-refractivity contribution in [2.45, 2.75) is 40.7 Å². The van der Waals surface area contributed by atoms with Gasteiger partial charge in [0.05, 0.1) is 11.7 Å². The highest BCUT2D eigenvalue weighted by Gasteiger charge is 2.39. The van der Waals surface area contributed by atoms with Gasteiger partial charge in [-0.25, -0.2) is 0 Å². The van der Waals surface area contributed by atoms with E-state index in [1.165, 1.54) is 4.90 Å². The lowest BCUT2D eigenvalue weighted by molar-refractivity contribution is -0.137. The number of hydrogen-bond donors (Lipinski definition) is 1. The van der Waals surface area contributed by atoms with Gasteiger partial charge in [-0.2, -0.15) is 0 Å². The summed E-state index contributed by atoms with van der Waals surface area (Å²) in [6.45, 7) is 10.1. The first-order valence-corrected chi connectivity index (χ1v) is 10.5. The molecule has 0 saturated carbocycles. The Morgan fingerprint density at radius 1 is 1.00 bits per heavy atom. The highest BCUT2D eigenvalue weighted by Crippen LogP contribution is 2.33. The number of nitrogens with one attached hydrogen (secondary N) is 1. The van der Waals surface area contributed by atoms with E-state index < -0.39 is 0 Å². The zero-order chi connectivity index (χ0) is 22.0. The Morgan fingerprint density at radius 2 is 1.67 bits per heavy atom. The van der Waals surface area contributed by atoms with Crippen LogP contribution in [0.3, 0.4) is 0 Å². The summed E-state index contributed by atoms with van der Waals surface area (Å²) in [5.74, 6) is 0.270. The van der Waals surface area contributed by atoms with Gasteiger partial charge in [0, 0.05) is 17.3 Å². The van der Waals surface area contributed by atoms with Crippen molar-refractivity contribution in [3.63, 3.8) is 0 Å². The second-order valence-electron chi connectivity index (χ2n) is 8.14. The fourth-order valence-electron chi connectivity index (χ4n) is 3.37. The molecule has 0 fully saturated rings. The van der Waals surface area contributed by atoms with Crippen LogP contribution in [0.25, 0.3) is 5.57 Å². The number of hydrogen-bond acceptors (Lipinski definition) is 4. The maximum absolute atomic E-state index is 13.2. The van der Waals surface area contributed by atoms with Crippen molar-refractivity contribution < 1.29 is 14.3 Å². The number of nitrogens with zero attached hydrogens (tertiary/aromatic N) is 1. The average Bonchev–Trinajstić information content (AvgIpc) is 2.88. The number of imide groups is 1. The van der Waals surface area contributed by atoms with Gasteiger partial charge in [0.15, 0.2) is 0 Å². The molecule has 0 radical (unpaired) electrons. The Morgan fingerprint density at radius 3 is 2.23 bits per heavy atom. The van der Waals surface area contributed by atoms with Crippen LogP contribution in [0, 0.1) is 12.8 Å². The number of rotatable bonds is 7. The Labute approximate surface area is 182 Å². The van der Waals surface area contributed by atoms with E-state index in [9.17, 15) is 9.59 Å². The first kappa shape index (κ1) is 21.9. The molecule has 0 aromatic heterocycles. The fourth-order valence-corrected chi connectivity index (χ4v) is 3.59. The molecule has 1 aliphatic heterocycles. The summed E-state index contributed by atoms with van der Waals surface area (Å²) in [7, 11) is 0. The van der Waals surface area contributed by atoms with Crippen LogP contribution in [0.5, 0.6) is 5.75 Å². The standard InChI is InChI=1S/C24H27ClN2O3/c1-14(2)13-27-23(28)21(17-6-9-19(10-7-17)30-15(3)4)22(24(27)29)26-20-11-8-18(25)12-16(20)5/h6-12,14-15,26H,13H2,1-5H3. The average molecular weight is 427 g/mol. The molecular weight excluding hydrogens is 400 g/mol. The van der Waals surface area contributed by atoms with Crippen LogP contribution in [0.4, 0.5) is 5.69 Å². The van der Waals surface area contributed by atoms with Crippen molar-refractivity contribution in [3.05, 3.63) is 64.3 Å². The lowest BCUT2D eigenvalue weighted by Crippen LogP contribution is -2.35. The van der Waals surface area contributed by atoms with Gasteiger partial charge in [-0.05, 0) is 68.1 Å². The number of carbonyl (C=O) groups is 2. The second kappa shape index (κ2) is 8.92. The smallest absolute Gasteiger partial charge is 0.278 e. The topological polar surface area (TPSA) is 58.6 Å². The van der Waals surface area contributed by atoms with Crippen LogP contribution >= 0.6 is 11.6 Å². The van der Waals surface area contributed by atoms with E-state index in [0.717, 1.165) is 11.3 Å². The molecule has 3 rings (SSSR count). The van der Waals surface area contributed by atoms with Gasteiger partial charge in [0.25, 0.3) is 11.8 Å². The molecule has 2 aromatic rings. The third kappa shape index (κ3) is 4.68. The number of anilines is 1. The maximum atomic E-state index is 13.2. The molecule has 2 amide bonds. The molecule has 0 bridgehead atoms. The molecule has 0 atom stereocenters. The molecule has 6 heteroatoms. The molecular formula is C24H27ClN2O3. The van der Waals surface area contributed by atoms with Crippen LogP contribution in [0.2, 0.25) is 5.02 Å². The minimum absolute atomic E-state index is 0.0522. The lowest BCUT2D eigenvalue weighted by atomic mass is 10.0. The van der Waals surface area contributed by atoms with Crippen molar-refractivity contribution in [1.29, 1.82) is 0 Å². The van der Waals surface area contributed by atoms with Crippen molar-refractivity contribution in [2.75, 3.05) is 11.9 Å². The summed E-state index contributed by atoms with van der Waals surface area (Å²) in [5, 5.41) is 3.81. The SMILES string of the molecule is Cc1cc(Cl)ccc1NC1=C(c2ccc(OC(C)C)cc2)C(=O)N(CC(C)C)C1=O. The summed E-state index contributed by atoms with van der Waals surface area (Å²) in [4.78, 5) is 27.7. The van der Waals surface area contributed by atoms with Gasteiger partial charge in [0.2, 0.25) is 0 Å². The van der Waals surface area contributed by atoms with Crippen LogP contribution in [-0.4, -0.2) is 29.4 Å². The highest BCUT2D eigenvalue weighted by molar-refractivity contribution is 6.36. The predicted molar refractivity (Wildman–Crippen MR) is 120 cm³/mol. The summed E-state index contributed by atoms with van der Waals surface area (Å²) < 4.78 is 5.70. The monoisotopic (exact) mass is 426 g/mol. The Balaban J connectivity index is 2.04. The first-order chi connectivity index (χ1) is 14.2. The van der Waals surface area contributed by atoms with Crippen molar-refractivity contribution in [1.82, 2.24) is 4.90 Å². The van der Waals surface area contributed by atoms with Gasteiger partial charge >= 0.3 is 0 Å². The normalized spacial score (nSPS) is 14.3.